The number of nitrogens with one attached hydrogen (secondary N) is 2. The normalized spacial score (nSPS) is 10.8. The number of hydrogen-bond acceptors (Lipinski definition) is 4. The first-order valence-electron chi connectivity index (χ1n) is 7.52. The highest BCUT2D eigenvalue weighted by molar-refractivity contribution is 5.89. The van der Waals surface area contributed by atoms with E-state index < -0.39 is 11.6 Å². The van der Waals surface area contributed by atoms with Crippen LogP contribution in [0.1, 0.15) is 0 Å². The minimum atomic E-state index is -0.600. The zero-order chi connectivity index (χ0) is 17.2. The Kier molecular flexibility index (Phi) is 3.74. The van der Waals surface area contributed by atoms with Crippen LogP contribution in [0.4, 0.5) is 20.3 Å². The summed E-state index contributed by atoms with van der Waals surface area (Å²) in [7, 11) is 0. The topological polar surface area (TPSA) is 64.8 Å². The third-order valence-corrected chi connectivity index (χ3v) is 3.62. The number of hydrogen-bond donors (Lipinski definition) is 1. The number of anilines is 2. The lowest BCUT2D eigenvalue weighted by atomic mass is 10.2. The van der Waals surface area contributed by atoms with Crippen molar-refractivity contribution in [2.45, 2.75) is 0 Å². The molecule has 0 spiro atoms. The van der Waals surface area contributed by atoms with Gasteiger partial charge in [-0.05, 0) is 30.3 Å². The van der Waals surface area contributed by atoms with Crippen molar-refractivity contribution in [3.8, 4) is 11.4 Å². The van der Waals surface area contributed by atoms with Crippen LogP contribution in [0.3, 0.4) is 0 Å². The van der Waals surface area contributed by atoms with E-state index >= 15 is 0 Å². The van der Waals surface area contributed by atoms with E-state index in [4.69, 9.17) is 0 Å². The molecule has 1 aromatic carbocycles. The van der Waals surface area contributed by atoms with E-state index in [1.165, 1.54) is 0 Å². The van der Waals surface area contributed by atoms with Crippen molar-refractivity contribution < 1.29 is 13.8 Å². The summed E-state index contributed by atoms with van der Waals surface area (Å²) in [6.07, 6.45) is 5.11. The predicted molar refractivity (Wildman–Crippen MR) is 89.0 cm³/mol. The monoisotopic (exact) mass is 336 g/mol. The molecule has 0 bridgehead atoms. The fourth-order valence-corrected chi connectivity index (χ4v) is 2.45. The quantitative estimate of drug-likeness (QED) is 0.622. The summed E-state index contributed by atoms with van der Waals surface area (Å²) in [5, 5.41) is 3.84. The molecule has 2 N–H and O–H groups in total. The standard InChI is InChI=1S/C18H11F2N5/c19-11-3-4-15(20)14(10-11)18-24-16-13(2-1-7-22-16)17(25-18)23-12-5-8-21-9-6-12/h1-10H,(H,21,22,23,24,25)/p+1. The van der Waals surface area contributed by atoms with Gasteiger partial charge >= 0.3 is 0 Å². The Morgan fingerprint density at radius 3 is 2.64 bits per heavy atom. The minimum Gasteiger partial charge on any atom is -0.339 e. The van der Waals surface area contributed by atoms with Gasteiger partial charge in [-0.1, -0.05) is 0 Å². The van der Waals surface area contributed by atoms with E-state index in [-0.39, 0.29) is 11.4 Å². The highest BCUT2D eigenvalue weighted by Crippen LogP contribution is 2.27. The van der Waals surface area contributed by atoms with Gasteiger partial charge in [-0.2, -0.15) is 0 Å². The summed E-state index contributed by atoms with van der Waals surface area (Å²) >= 11 is 0. The van der Waals surface area contributed by atoms with Crippen molar-refractivity contribution in [3.05, 3.63) is 72.7 Å². The fraction of sp³-hybridized carbons (Fsp3) is 0. The summed E-state index contributed by atoms with van der Waals surface area (Å²) in [4.78, 5) is 15.8. The van der Waals surface area contributed by atoms with E-state index in [1.807, 2.05) is 18.2 Å². The third kappa shape index (κ3) is 2.99. The molecule has 0 amide bonds. The predicted octanol–water partition coefficient (Wildman–Crippen LogP) is 3.53. The van der Waals surface area contributed by atoms with Crippen LogP contribution in [-0.2, 0) is 0 Å². The third-order valence-electron chi connectivity index (χ3n) is 3.62. The van der Waals surface area contributed by atoms with Crippen molar-refractivity contribution in [2.75, 3.05) is 5.32 Å². The zero-order valence-corrected chi connectivity index (χ0v) is 12.9. The number of pyridine rings is 2. The first-order chi connectivity index (χ1) is 12.2. The van der Waals surface area contributed by atoms with Crippen molar-refractivity contribution in [3.63, 3.8) is 0 Å². The zero-order valence-electron chi connectivity index (χ0n) is 12.9. The molecule has 0 saturated carbocycles. The molecule has 4 aromatic rings. The summed E-state index contributed by atoms with van der Waals surface area (Å²) in [6, 6.07) is 10.4. The number of benzene rings is 1. The number of fused-ring (bicyclic) bond motifs is 1. The molecular formula is C18H12F2N5+. The Morgan fingerprint density at radius 2 is 1.80 bits per heavy atom. The van der Waals surface area contributed by atoms with Crippen molar-refractivity contribution in [2.24, 2.45) is 0 Å². The van der Waals surface area contributed by atoms with Crippen LogP contribution in [0.2, 0.25) is 0 Å². The van der Waals surface area contributed by atoms with E-state index in [1.54, 1.807) is 24.7 Å². The van der Waals surface area contributed by atoms with Crippen molar-refractivity contribution in [1.29, 1.82) is 0 Å². The van der Waals surface area contributed by atoms with E-state index in [9.17, 15) is 8.78 Å². The maximum Gasteiger partial charge on any atom is 0.169 e. The fourth-order valence-electron chi connectivity index (χ4n) is 2.45. The SMILES string of the molecule is Fc1ccc(F)c(-c2nc(Nc3cc[nH+]cc3)c3cccnc3n2)c1. The molecule has 7 heteroatoms. The van der Waals surface area contributed by atoms with Gasteiger partial charge in [-0.25, -0.2) is 28.7 Å². The van der Waals surface area contributed by atoms with Gasteiger partial charge in [-0.15, -0.1) is 0 Å². The molecule has 0 aliphatic heterocycles. The second-order valence-corrected chi connectivity index (χ2v) is 5.31. The van der Waals surface area contributed by atoms with Crippen LogP contribution in [0.5, 0.6) is 0 Å². The Labute approximate surface area is 141 Å². The van der Waals surface area contributed by atoms with Crippen LogP contribution in [0.15, 0.2) is 61.1 Å². The number of nitrogens with zero attached hydrogens (tertiary/aromatic N) is 3. The van der Waals surface area contributed by atoms with Gasteiger partial charge in [0.25, 0.3) is 0 Å². The van der Waals surface area contributed by atoms with Gasteiger partial charge < -0.3 is 5.32 Å². The van der Waals surface area contributed by atoms with Crippen molar-refractivity contribution in [1.82, 2.24) is 15.0 Å². The summed E-state index contributed by atoms with van der Waals surface area (Å²) < 4.78 is 27.7. The van der Waals surface area contributed by atoms with Crippen LogP contribution >= 0.6 is 0 Å². The molecule has 122 valence electrons. The number of H-pyrrole nitrogens is 1. The Hall–Kier alpha value is -3.48. The molecule has 3 heterocycles. The number of halogens is 2. The van der Waals surface area contributed by atoms with E-state index in [0.717, 1.165) is 23.9 Å². The molecule has 5 nitrogen and oxygen atoms in total. The molecule has 0 saturated heterocycles. The van der Waals surface area contributed by atoms with Gasteiger partial charge in [0.05, 0.1) is 16.6 Å². The number of aromatic amines is 1. The molecular weight excluding hydrogens is 324 g/mol. The molecule has 4 rings (SSSR count). The lowest BCUT2D eigenvalue weighted by Gasteiger charge is -2.10. The van der Waals surface area contributed by atoms with Crippen LogP contribution in [0, 0.1) is 11.6 Å². The summed E-state index contributed by atoms with van der Waals surface area (Å²) in [5.74, 6) is -0.637. The largest absolute Gasteiger partial charge is 0.339 e. The van der Waals surface area contributed by atoms with Gasteiger partial charge in [0.15, 0.2) is 23.9 Å². The van der Waals surface area contributed by atoms with Crippen LogP contribution in [-0.4, -0.2) is 15.0 Å². The molecule has 0 aliphatic carbocycles. The molecule has 0 atom stereocenters. The van der Waals surface area contributed by atoms with Gasteiger partial charge in [-0.3, -0.25) is 0 Å². The van der Waals surface area contributed by atoms with Crippen molar-refractivity contribution >= 4 is 22.5 Å². The maximum absolute atomic E-state index is 14.1. The number of rotatable bonds is 3. The number of aromatic nitrogens is 4. The minimum absolute atomic E-state index is 0.0167. The molecule has 0 fully saturated rings. The second kappa shape index (κ2) is 6.20. The van der Waals surface area contributed by atoms with Crippen LogP contribution in [0.25, 0.3) is 22.4 Å². The highest BCUT2D eigenvalue weighted by atomic mass is 19.1. The molecule has 0 unspecified atom stereocenters. The molecule has 25 heavy (non-hydrogen) atoms. The Balaban J connectivity index is 1.91. The second-order valence-electron chi connectivity index (χ2n) is 5.31. The lowest BCUT2D eigenvalue weighted by Crippen LogP contribution is -2.03. The summed E-state index contributed by atoms with van der Waals surface area (Å²) in [6.45, 7) is 0. The lowest BCUT2D eigenvalue weighted by molar-refractivity contribution is -0.377. The van der Waals surface area contributed by atoms with Gasteiger partial charge in [0, 0.05) is 18.3 Å². The van der Waals surface area contributed by atoms with Gasteiger partial charge in [0.1, 0.15) is 17.5 Å². The highest BCUT2D eigenvalue weighted by Gasteiger charge is 2.14. The van der Waals surface area contributed by atoms with E-state index in [2.05, 4.69) is 25.3 Å². The average molecular weight is 336 g/mol. The molecule has 0 aliphatic rings. The first-order valence-corrected chi connectivity index (χ1v) is 7.52. The first kappa shape index (κ1) is 15.1. The molecule has 0 radical (unpaired) electrons. The Morgan fingerprint density at radius 1 is 0.960 bits per heavy atom. The van der Waals surface area contributed by atoms with Gasteiger partial charge in [0.2, 0.25) is 0 Å². The maximum atomic E-state index is 14.1. The molecule has 3 aromatic heterocycles. The smallest absolute Gasteiger partial charge is 0.169 e. The van der Waals surface area contributed by atoms with Crippen LogP contribution < -0.4 is 10.3 Å². The van der Waals surface area contributed by atoms with E-state index in [0.29, 0.717) is 16.9 Å². The summed E-state index contributed by atoms with van der Waals surface area (Å²) in [5.41, 5.74) is 1.16. The Bertz CT molecular complexity index is 1050. The average Bonchev–Trinajstić information content (AvgIpc) is 2.64.